The highest BCUT2D eigenvalue weighted by molar-refractivity contribution is 6.00. The molecular weight excluding hydrogens is 602 g/mol. The number of aromatic nitrogens is 5. The van der Waals surface area contributed by atoms with Gasteiger partial charge in [-0.05, 0) is 87.0 Å². The third kappa shape index (κ3) is 6.41. The second-order valence-corrected chi connectivity index (χ2v) is 12.7. The van der Waals surface area contributed by atoms with E-state index < -0.39 is 5.41 Å². The van der Waals surface area contributed by atoms with Crippen LogP contribution in [0.3, 0.4) is 0 Å². The zero-order valence-corrected chi connectivity index (χ0v) is 27.1. The van der Waals surface area contributed by atoms with Crippen LogP contribution in [0.2, 0.25) is 0 Å². The van der Waals surface area contributed by atoms with E-state index in [1.54, 1.807) is 18.6 Å². The third-order valence-corrected chi connectivity index (χ3v) is 9.49. The fraction of sp³-hybridized carbons (Fsp3) is 0.297. The number of benzene rings is 2. The van der Waals surface area contributed by atoms with Crippen LogP contribution in [0.1, 0.15) is 18.5 Å². The Morgan fingerprint density at radius 2 is 1.73 bits per heavy atom. The number of rotatable bonds is 9. The molecule has 7 rings (SSSR count). The van der Waals surface area contributed by atoms with Gasteiger partial charge in [-0.3, -0.25) is 24.6 Å². The molecule has 2 aliphatic heterocycles. The molecule has 2 aliphatic rings. The van der Waals surface area contributed by atoms with Crippen LogP contribution < -0.4 is 10.2 Å². The van der Waals surface area contributed by atoms with Gasteiger partial charge in [0.1, 0.15) is 5.69 Å². The lowest BCUT2D eigenvalue weighted by molar-refractivity contribution is -0.133. The van der Waals surface area contributed by atoms with Crippen molar-refractivity contribution in [2.75, 3.05) is 56.0 Å². The van der Waals surface area contributed by atoms with Gasteiger partial charge in [-0.15, -0.1) is 6.58 Å². The zero-order chi connectivity index (χ0) is 33.1. The molecule has 3 aromatic heterocycles. The van der Waals surface area contributed by atoms with Crippen LogP contribution in [0.4, 0.5) is 11.4 Å². The van der Waals surface area contributed by atoms with Gasteiger partial charge in [-0.2, -0.15) is 5.10 Å². The number of nitrogens with one attached hydrogen (secondary N) is 2. The second-order valence-electron chi connectivity index (χ2n) is 12.7. The number of carbonyl (C=O) groups excluding carboxylic acids is 2. The molecule has 11 heteroatoms. The van der Waals surface area contributed by atoms with Crippen LogP contribution in [-0.4, -0.2) is 92.6 Å². The summed E-state index contributed by atoms with van der Waals surface area (Å²) >= 11 is 0. The summed E-state index contributed by atoms with van der Waals surface area (Å²) in [5.41, 5.74) is 5.73. The SMILES string of the molecule is C=CCC1(C(=O)Nc2ccc3[nH]nc(-c4ccnc(C)c4)c3c2)CCN(CC(=O)N2CCN(c3ccc(-c4ncccn4)cc3)CC2)C1. The molecule has 2 N–H and O–H groups in total. The van der Waals surface area contributed by atoms with Crippen LogP contribution in [0.15, 0.2) is 91.9 Å². The molecule has 1 unspecified atom stereocenters. The third-order valence-electron chi connectivity index (χ3n) is 9.49. The summed E-state index contributed by atoms with van der Waals surface area (Å²) in [6.45, 7) is 10.2. The first kappa shape index (κ1) is 31.2. The number of aryl methyl sites for hydroxylation is 1. The minimum atomic E-state index is -0.659. The number of hydrogen-bond acceptors (Lipinski definition) is 8. The molecule has 2 aromatic carbocycles. The Balaban J connectivity index is 0.957. The normalized spacial score (nSPS) is 18.3. The van der Waals surface area contributed by atoms with Crippen LogP contribution in [0, 0.1) is 12.3 Å². The Labute approximate surface area is 279 Å². The maximum absolute atomic E-state index is 13.9. The minimum absolute atomic E-state index is 0.0556. The molecular formula is C37H39N9O2. The number of piperazine rings is 1. The first-order chi connectivity index (χ1) is 23.4. The number of carbonyl (C=O) groups is 2. The van der Waals surface area contributed by atoms with Gasteiger partial charge < -0.3 is 15.1 Å². The molecule has 1 atom stereocenters. The molecule has 2 amide bonds. The molecule has 2 saturated heterocycles. The summed E-state index contributed by atoms with van der Waals surface area (Å²) in [5, 5.41) is 11.7. The lowest BCUT2D eigenvalue weighted by Crippen LogP contribution is -2.51. The summed E-state index contributed by atoms with van der Waals surface area (Å²) < 4.78 is 0. The van der Waals surface area contributed by atoms with Crippen LogP contribution in [-0.2, 0) is 9.59 Å². The number of anilines is 2. The highest BCUT2D eigenvalue weighted by atomic mass is 16.2. The Kier molecular flexibility index (Phi) is 8.68. The van der Waals surface area contributed by atoms with E-state index in [0.29, 0.717) is 57.1 Å². The number of nitrogens with zero attached hydrogens (tertiary/aromatic N) is 7. The van der Waals surface area contributed by atoms with Crippen LogP contribution >= 0.6 is 0 Å². The van der Waals surface area contributed by atoms with E-state index in [0.717, 1.165) is 52.2 Å². The largest absolute Gasteiger partial charge is 0.368 e. The van der Waals surface area contributed by atoms with E-state index in [-0.39, 0.29) is 11.8 Å². The van der Waals surface area contributed by atoms with Crippen LogP contribution in [0.5, 0.6) is 0 Å². The maximum atomic E-state index is 13.9. The first-order valence-electron chi connectivity index (χ1n) is 16.4. The molecule has 11 nitrogen and oxygen atoms in total. The minimum Gasteiger partial charge on any atom is -0.368 e. The molecule has 0 spiro atoms. The van der Waals surface area contributed by atoms with Crippen molar-refractivity contribution in [1.82, 2.24) is 34.9 Å². The van der Waals surface area contributed by atoms with Crippen molar-refractivity contribution in [3.8, 4) is 22.6 Å². The summed E-state index contributed by atoms with van der Waals surface area (Å²) in [7, 11) is 0. The van der Waals surface area contributed by atoms with Crippen LogP contribution in [0.25, 0.3) is 33.5 Å². The average molecular weight is 642 g/mol. The molecule has 0 saturated carbocycles. The van der Waals surface area contributed by atoms with Gasteiger partial charge in [0, 0.05) is 84.9 Å². The Hall–Kier alpha value is -5.42. The van der Waals surface area contributed by atoms with Gasteiger partial charge in [-0.1, -0.05) is 6.08 Å². The van der Waals surface area contributed by atoms with Crippen molar-refractivity contribution in [3.63, 3.8) is 0 Å². The van der Waals surface area contributed by atoms with Gasteiger partial charge in [-0.25, -0.2) is 9.97 Å². The van der Waals surface area contributed by atoms with Gasteiger partial charge >= 0.3 is 0 Å². The number of pyridine rings is 1. The molecule has 5 aromatic rings. The van der Waals surface area contributed by atoms with Crippen molar-refractivity contribution in [2.45, 2.75) is 19.8 Å². The molecule has 0 bridgehead atoms. The summed E-state index contributed by atoms with van der Waals surface area (Å²) in [4.78, 5) is 46.6. The number of likely N-dealkylation sites (tertiary alicyclic amines) is 1. The fourth-order valence-electron chi connectivity index (χ4n) is 6.86. The summed E-state index contributed by atoms with van der Waals surface area (Å²) in [5.74, 6) is 0.752. The number of allylic oxidation sites excluding steroid dienone is 1. The average Bonchev–Trinajstić information content (AvgIpc) is 3.73. The topological polar surface area (TPSA) is 123 Å². The van der Waals surface area contributed by atoms with E-state index in [9.17, 15) is 9.59 Å². The fourth-order valence-corrected chi connectivity index (χ4v) is 6.86. The van der Waals surface area contributed by atoms with E-state index in [1.807, 2.05) is 66.4 Å². The molecule has 244 valence electrons. The van der Waals surface area contributed by atoms with Crippen molar-refractivity contribution in [3.05, 3.63) is 97.6 Å². The number of hydrogen-bond donors (Lipinski definition) is 2. The Morgan fingerprint density at radius 1 is 0.938 bits per heavy atom. The Morgan fingerprint density at radius 3 is 2.48 bits per heavy atom. The zero-order valence-electron chi connectivity index (χ0n) is 27.1. The van der Waals surface area contributed by atoms with Crippen molar-refractivity contribution in [1.29, 1.82) is 0 Å². The molecule has 2 fully saturated rings. The van der Waals surface area contributed by atoms with E-state index in [1.165, 1.54) is 0 Å². The van der Waals surface area contributed by atoms with Gasteiger partial charge in [0.05, 0.1) is 17.5 Å². The summed E-state index contributed by atoms with van der Waals surface area (Å²) in [6.07, 6.45) is 8.26. The molecule has 5 heterocycles. The standard InChI is InChI=1S/C37H39N9O2/c1-3-12-37(36(48)41-29-7-10-32-31(23-29)34(43-42-32)28-11-16-38-26(2)22-28)13-17-44(25-37)24-33(47)46-20-18-45(19-21-46)30-8-5-27(6-9-30)35-39-14-4-15-40-35/h3-11,14-16,22-23H,1,12-13,17-21,24-25H2,2H3,(H,41,48)(H,42,43). The predicted molar refractivity (Wildman–Crippen MR) is 187 cm³/mol. The maximum Gasteiger partial charge on any atom is 0.236 e. The van der Waals surface area contributed by atoms with Gasteiger partial charge in [0.2, 0.25) is 11.8 Å². The van der Waals surface area contributed by atoms with Crippen molar-refractivity contribution in [2.24, 2.45) is 5.41 Å². The number of H-pyrrole nitrogens is 1. The molecule has 0 aliphatic carbocycles. The van der Waals surface area contributed by atoms with Gasteiger partial charge in [0.25, 0.3) is 0 Å². The molecule has 0 radical (unpaired) electrons. The number of fused-ring (bicyclic) bond motifs is 1. The first-order valence-corrected chi connectivity index (χ1v) is 16.4. The lowest BCUT2D eigenvalue weighted by atomic mass is 9.82. The smallest absolute Gasteiger partial charge is 0.236 e. The highest BCUT2D eigenvalue weighted by Crippen LogP contribution is 2.37. The number of amides is 2. The van der Waals surface area contributed by atoms with Crippen molar-refractivity contribution < 1.29 is 9.59 Å². The van der Waals surface area contributed by atoms with E-state index in [4.69, 9.17) is 0 Å². The van der Waals surface area contributed by atoms with E-state index in [2.05, 4.69) is 59.0 Å². The molecule has 48 heavy (non-hydrogen) atoms. The second kappa shape index (κ2) is 13.4. The quantitative estimate of drug-likeness (QED) is 0.217. The van der Waals surface area contributed by atoms with E-state index >= 15 is 0 Å². The lowest BCUT2D eigenvalue weighted by Gasteiger charge is -2.37. The highest BCUT2D eigenvalue weighted by Gasteiger charge is 2.44. The van der Waals surface area contributed by atoms with Gasteiger partial charge in [0.15, 0.2) is 5.82 Å². The monoisotopic (exact) mass is 641 g/mol. The number of aromatic amines is 1. The summed E-state index contributed by atoms with van der Waals surface area (Å²) in [6, 6.07) is 19.8. The predicted octanol–water partition coefficient (Wildman–Crippen LogP) is 4.95. The van der Waals surface area contributed by atoms with Crippen molar-refractivity contribution >= 4 is 34.1 Å². The Bertz CT molecular complexity index is 1930.